The molecule has 0 aliphatic carbocycles. The van der Waals surface area contributed by atoms with Gasteiger partial charge in [0.2, 0.25) is 5.88 Å². The smallest absolute Gasteiger partial charge is 0.213 e. The van der Waals surface area contributed by atoms with E-state index in [-0.39, 0.29) is 6.04 Å². The van der Waals surface area contributed by atoms with Crippen molar-refractivity contribution in [2.75, 3.05) is 20.8 Å². The number of hydrogen-bond acceptors (Lipinski definition) is 5. The van der Waals surface area contributed by atoms with Crippen molar-refractivity contribution < 1.29 is 14.2 Å². The highest BCUT2D eigenvalue weighted by Crippen LogP contribution is 2.42. The molecule has 2 heterocycles. The summed E-state index contributed by atoms with van der Waals surface area (Å²) in [7, 11) is 3.52. The monoisotopic (exact) mass is 286 g/mol. The zero-order valence-corrected chi connectivity index (χ0v) is 12.3. The summed E-state index contributed by atoms with van der Waals surface area (Å²) in [5.74, 6) is 2.78. The number of pyridine rings is 1. The van der Waals surface area contributed by atoms with E-state index in [1.807, 2.05) is 32.2 Å². The number of likely N-dealkylation sites (N-methyl/N-ethyl adjacent to an activating group) is 1. The molecule has 0 bridgehead atoms. The van der Waals surface area contributed by atoms with Crippen LogP contribution in [0.5, 0.6) is 23.1 Å². The van der Waals surface area contributed by atoms with E-state index in [1.165, 1.54) is 0 Å². The molecular weight excluding hydrogens is 268 g/mol. The van der Waals surface area contributed by atoms with E-state index in [2.05, 4.69) is 16.4 Å². The molecular formula is C16H18N2O3. The van der Waals surface area contributed by atoms with Crippen molar-refractivity contribution in [1.82, 2.24) is 10.3 Å². The largest absolute Gasteiger partial charge is 0.487 e. The van der Waals surface area contributed by atoms with E-state index in [0.29, 0.717) is 24.0 Å². The van der Waals surface area contributed by atoms with E-state index < -0.39 is 0 Å². The number of nitrogens with one attached hydrogen (secondary N) is 1. The second-order valence-corrected chi connectivity index (χ2v) is 4.87. The number of ether oxygens (including phenoxy) is 3. The van der Waals surface area contributed by atoms with E-state index in [4.69, 9.17) is 14.2 Å². The molecule has 1 N–H and O–H groups in total. The predicted molar refractivity (Wildman–Crippen MR) is 79.3 cm³/mol. The normalized spacial score (nSPS) is 16.2. The van der Waals surface area contributed by atoms with Gasteiger partial charge in [0, 0.05) is 11.6 Å². The first kappa shape index (κ1) is 13.7. The van der Waals surface area contributed by atoms with Gasteiger partial charge in [-0.1, -0.05) is 12.1 Å². The fraction of sp³-hybridized carbons (Fsp3) is 0.312. The van der Waals surface area contributed by atoms with Crippen LogP contribution in [0.1, 0.15) is 17.3 Å². The molecule has 0 radical (unpaired) electrons. The fourth-order valence-corrected chi connectivity index (χ4v) is 2.40. The number of methoxy groups -OCH3 is 1. The van der Waals surface area contributed by atoms with Crippen LogP contribution in [0.2, 0.25) is 0 Å². The molecule has 1 aliphatic rings. The van der Waals surface area contributed by atoms with Crippen molar-refractivity contribution in [3.63, 3.8) is 0 Å². The summed E-state index contributed by atoms with van der Waals surface area (Å²) in [4.78, 5) is 4.31. The van der Waals surface area contributed by atoms with Crippen LogP contribution in [0.3, 0.4) is 0 Å². The summed E-state index contributed by atoms with van der Waals surface area (Å²) in [6.45, 7) is 2.50. The van der Waals surface area contributed by atoms with Crippen molar-refractivity contribution in [3.8, 4) is 23.1 Å². The standard InChI is InChI=1S/C16H18N2O3/c1-10-13(7-8-15(18-10)19-3)21-14-6-4-5-11-12(17-2)9-20-16(11)14/h4-8,12,17H,9H2,1-3H3/t12-/m1/s1. The molecule has 1 atom stereocenters. The van der Waals surface area contributed by atoms with Crippen molar-refractivity contribution in [1.29, 1.82) is 0 Å². The predicted octanol–water partition coefficient (Wildman–Crippen LogP) is 2.84. The molecule has 1 aromatic carbocycles. The lowest BCUT2D eigenvalue weighted by Gasteiger charge is -2.12. The van der Waals surface area contributed by atoms with Crippen molar-refractivity contribution >= 4 is 0 Å². The van der Waals surface area contributed by atoms with Crippen LogP contribution in [0.25, 0.3) is 0 Å². The second kappa shape index (κ2) is 5.61. The maximum Gasteiger partial charge on any atom is 0.213 e. The van der Waals surface area contributed by atoms with Crippen LogP contribution >= 0.6 is 0 Å². The highest BCUT2D eigenvalue weighted by Gasteiger charge is 2.26. The van der Waals surface area contributed by atoms with Crippen molar-refractivity contribution in [2.24, 2.45) is 0 Å². The molecule has 0 fully saturated rings. The Labute approximate surface area is 123 Å². The molecule has 110 valence electrons. The summed E-state index contributed by atoms with van der Waals surface area (Å²) in [6, 6.07) is 9.77. The van der Waals surface area contributed by atoms with E-state index in [1.54, 1.807) is 13.2 Å². The molecule has 2 aromatic rings. The number of nitrogens with zero attached hydrogens (tertiary/aromatic N) is 1. The minimum atomic E-state index is 0.207. The van der Waals surface area contributed by atoms with Gasteiger partial charge in [0.1, 0.15) is 12.4 Å². The molecule has 0 amide bonds. The third-order valence-corrected chi connectivity index (χ3v) is 3.57. The van der Waals surface area contributed by atoms with E-state index >= 15 is 0 Å². The molecule has 0 spiro atoms. The first-order valence-corrected chi connectivity index (χ1v) is 6.85. The summed E-state index contributed by atoms with van der Waals surface area (Å²) < 4.78 is 16.8. The lowest BCUT2D eigenvalue weighted by molar-refractivity contribution is 0.306. The van der Waals surface area contributed by atoms with Crippen LogP contribution in [0.4, 0.5) is 0 Å². The quantitative estimate of drug-likeness (QED) is 0.936. The highest BCUT2D eigenvalue weighted by atomic mass is 16.5. The Bertz CT molecular complexity index is 658. The molecule has 5 heteroatoms. The average molecular weight is 286 g/mol. The van der Waals surface area contributed by atoms with Crippen LogP contribution in [-0.4, -0.2) is 25.7 Å². The Morgan fingerprint density at radius 2 is 2.10 bits per heavy atom. The first-order chi connectivity index (χ1) is 10.2. The van der Waals surface area contributed by atoms with E-state index in [9.17, 15) is 0 Å². The summed E-state index contributed by atoms with van der Waals surface area (Å²) in [5.41, 5.74) is 1.89. The SMILES string of the molecule is CN[C@@H]1COc2c(Oc3ccc(OC)nc3C)cccc21. The third-order valence-electron chi connectivity index (χ3n) is 3.57. The van der Waals surface area contributed by atoms with Crippen LogP contribution in [0.15, 0.2) is 30.3 Å². The van der Waals surface area contributed by atoms with Crippen LogP contribution < -0.4 is 19.5 Å². The van der Waals surface area contributed by atoms with Gasteiger partial charge in [0.15, 0.2) is 11.5 Å². The molecule has 0 saturated heterocycles. The number of aryl methyl sites for hydroxylation is 1. The van der Waals surface area contributed by atoms with E-state index in [0.717, 1.165) is 17.0 Å². The van der Waals surface area contributed by atoms with Gasteiger partial charge in [-0.15, -0.1) is 0 Å². The van der Waals surface area contributed by atoms with Gasteiger partial charge in [-0.3, -0.25) is 0 Å². The number of benzene rings is 1. The van der Waals surface area contributed by atoms with Gasteiger partial charge in [-0.2, -0.15) is 0 Å². The Hall–Kier alpha value is -2.27. The Morgan fingerprint density at radius 1 is 1.24 bits per heavy atom. The summed E-state index contributed by atoms with van der Waals surface area (Å²) in [6.07, 6.45) is 0. The van der Waals surface area contributed by atoms with Crippen molar-refractivity contribution in [3.05, 3.63) is 41.6 Å². The Kier molecular flexibility index (Phi) is 3.66. The highest BCUT2D eigenvalue weighted by molar-refractivity contribution is 5.52. The zero-order valence-electron chi connectivity index (χ0n) is 12.3. The van der Waals surface area contributed by atoms with Gasteiger partial charge in [0.25, 0.3) is 0 Å². The van der Waals surface area contributed by atoms with Gasteiger partial charge < -0.3 is 19.5 Å². The number of fused-ring (bicyclic) bond motifs is 1. The molecule has 21 heavy (non-hydrogen) atoms. The van der Waals surface area contributed by atoms with Gasteiger partial charge >= 0.3 is 0 Å². The maximum absolute atomic E-state index is 5.97. The molecule has 0 unspecified atom stereocenters. The molecule has 1 aliphatic heterocycles. The van der Waals surface area contributed by atoms with Crippen LogP contribution in [-0.2, 0) is 0 Å². The lowest BCUT2D eigenvalue weighted by atomic mass is 10.1. The average Bonchev–Trinajstić information content (AvgIpc) is 2.93. The Balaban J connectivity index is 1.91. The Morgan fingerprint density at radius 3 is 2.81 bits per heavy atom. The van der Waals surface area contributed by atoms with Gasteiger partial charge in [-0.25, -0.2) is 4.98 Å². The minimum absolute atomic E-state index is 0.207. The zero-order chi connectivity index (χ0) is 14.8. The van der Waals surface area contributed by atoms with Crippen LogP contribution in [0, 0.1) is 6.92 Å². The molecule has 3 rings (SSSR count). The molecule has 0 saturated carbocycles. The number of rotatable bonds is 4. The third kappa shape index (κ3) is 2.52. The molecule has 5 nitrogen and oxygen atoms in total. The van der Waals surface area contributed by atoms with Gasteiger partial charge in [0.05, 0.1) is 18.8 Å². The lowest BCUT2D eigenvalue weighted by Crippen LogP contribution is -2.16. The number of hydrogen-bond donors (Lipinski definition) is 1. The number of para-hydroxylation sites is 1. The topological polar surface area (TPSA) is 52.6 Å². The molecule has 1 aromatic heterocycles. The summed E-state index contributed by atoms with van der Waals surface area (Å²) >= 11 is 0. The second-order valence-electron chi connectivity index (χ2n) is 4.87. The fourth-order valence-electron chi connectivity index (χ4n) is 2.40. The minimum Gasteiger partial charge on any atom is -0.487 e. The first-order valence-electron chi connectivity index (χ1n) is 6.85. The van der Waals surface area contributed by atoms with Crippen molar-refractivity contribution in [2.45, 2.75) is 13.0 Å². The van der Waals surface area contributed by atoms with Gasteiger partial charge in [-0.05, 0) is 26.1 Å². The maximum atomic E-state index is 5.97. The summed E-state index contributed by atoms with van der Waals surface area (Å²) in [5, 5.41) is 3.23. The number of aromatic nitrogens is 1.